The van der Waals surface area contributed by atoms with Gasteiger partial charge >= 0.3 is 0 Å². The number of aromatic amines is 1. The lowest BCUT2D eigenvalue weighted by Crippen LogP contribution is -2.30. The average molecular weight is 337 g/mol. The first-order chi connectivity index (χ1) is 12.3. The lowest BCUT2D eigenvalue weighted by Gasteiger charge is -2.25. The minimum absolute atomic E-state index is 0.364. The number of rotatable bonds is 6. The Morgan fingerprint density at radius 3 is 2.92 bits per heavy atom. The van der Waals surface area contributed by atoms with Crippen molar-refractivity contribution >= 4 is 0 Å². The molecule has 1 saturated heterocycles. The number of nitrogens with one attached hydrogen (secondary N) is 1. The monoisotopic (exact) mass is 337 g/mol. The molecule has 0 amide bonds. The van der Waals surface area contributed by atoms with Gasteiger partial charge in [0.25, 0.3) is 0 Å². The maximum absolute atomic E-state index is 10.4. The third-order valence-electron chi connectivity index (χ3n) is 4.94. The Labute approximate surface area is 147 Å². The second-order valence-electron chi connectivity index (χ2n) is 6.68. The van der Waals surface area contributed by atoms with Gasteiger partial charge in [0.05, 0.1) is 12.0 Å². The Morgan fingerprint density at radius 1 is 1.24 bits per heavy atom. The number of furan rings is 1. The van der Waals surface area contributed by atoms with Gasteiger partial charge in [-0.2, -0.15) is 5.10 Å². The van der Waals surface area contributed by atoms with Crippen LogP contribution in [-0.2, 0) is 6.54 Å². The number of benzene rings is 1. The van der Waals surface area contributed by atoms with Crippen LogP contribution in [0.4, 0.5) is 0 Å². The maximum atomic E-state index is 10.4. The first-order valence-electron chi connectivity index (χ1n) is 8.85. The van der Waals surface area contributed by atoms with Gasteiger partial charge < -0.3 is 9.52 Å². The van der Waals surface area contributed by atoms with Gasteiger partial charge in [0, 0.05) is 23.8 Å². The molecular formula is C20H23N3O2. The van der Waals surface area contributed by atoms with Crippen LogP contribution in [0.2, 0.25) is 0 Å². The molecule has 2 atom stereocenters. The fourth-order valence-electron chi connectivity index (χ4n) is 3.64. The zero-order chi connectivity index (χ0) is 17.1. The molecular weight excluding hydrogens is 314 g/mol. The molecule has 5 nitrogen and oxygen atoms in total. The van der Waals surface area contributed by atoms with Crippen LogP contribution >= 0.6 is 0 Å². The van der Waals surface area contributed by atoms with Crippen molar-refractivity contribution in [1.29, 1.82) is 0 Å². The van der Waals surface area contributed by atoms with Crippen molar-refractivity contribution in [2.24, 2.45) is 0 Å². The summed E-state index contributed by atoms with van der Waals surface area (Å²) in [6.45, 7) is 1.88. The largest absolute Gasteiger partial charge is 0.467 e. The predicted molar refractivity (Wildman–Crippen MR) is 95.7 cm³/mol. The minimum atomic E-state index is -0.540. The van der Waals surface area contributed by atoms with E-state index in [1.165, 1.54) is 0 Å². The molecule has 130 valence electrons. The van der Waals surface area contributed by atoms with E-state index in [-0.39, 0.29) is 0 Å². The second-order valence-corrected chi connectivity index (χ2v) is 6.68. The van der Waals surface area contributed by atoms with Crippen molar-refractivity contribution in [3.63, 3.8) is 0 Å². The van der Waals surface area contributed by atoms with Crippen molar-refractivity contribution in [3.05, 3.63) is 66.2 Å². The molecule has 2 N–H and O–H groups in total. The van der Waals surface area contributed by atoms with Crippen LogP contribution in [0.15, 0.2) is 59.2 Å². The third kappa shape index (κ3) is 3.67. The predicted octanol–water partition coefficient (Wildman–Crippen LogP) is 3.76. The van der Waals surface area contributed by atoms with E-state index in [1.54, 1.807) is 6.26 Å². The van der Waals surface area contributed by atoms with E-state index in [9.17, 15) is 5.11 Å². The minimum Gasteiger partial charge on any atom is -0.467 e. The normalized spacial score (nSPS) is 19.3. The zero-order valence-electron chi connectivity index (χ0n) is 14.1. The van der Waals surface area contributed by atoms with E-state index in [0.717, 1.165) is 42.9 Å². The van der Waals surface area contributed by atoms with Gasteiger partial charge in [0.1, 0.15) is 11.9 Å². The summed E-state index contributed by atoms with van der Waals surface area (Å²) in [4.78, 5) is 2.43. The van der Waals surface area contributed by atoms with Gasteiger partial charge in [0.2, 0.25) is 0 Å². The Balaban J connectivity index is 1.41. The summed E-state index contributed by atoms with van der Waals surface area (Å²) in [6.07, 6.45) is 4.04. The number of likely N-dealkylation sites (tertiary alicyclic amines) is 1. The van der Waals surface area contributed by atoms with E-state index in [1.807, 2.05) is 30.3 Å². The standard InChI is InChI=1S/C20H23N3O2/c24-19(20-9-5-11-25-20)13-17-8-4-10-23(17)14-16-12-18(22-21-16)15-6-2-1-3-7-15/h1-3,5-7,9,11-12,17,19,24H,4,8,10,13-14H2,(H,21,22). The van der Waals surface area contributed by atoms with Gasteiger partial charge in [-0.15, -0.1) is 0 Å². The average Bonchev–Trinajstić information content (AvgIpc) is 3.38. The smallest absolute Gasteiger partial charge is 0.132 e. The van der Waals surface area contributed by atoms with Crippen molar-refractivity contribution in [3.8, 4) is 11.3 Å². The van der Waals surface area contributed by atoms with E-state index in [4.69, 9.17) is 4.42 Å². The molecule has 0 bridgehead atoms. The Hall–Kier alpha value is -2.37. The van der Waals surface area contributed by atoms with Crippen LogP contribution in [-0.4, -0.2) is 32.8 Å². The van der Waals surface area contributed by atoms with Gasteiger partial charge in [-0.05, 0) is 44.0 Å². The van der Waals surface area contributed by atoms with Crippen molar-refractivity contribution < 1.29 is 9.52 Å². The highest BCUT2D eigenvalue weighted by Gasteiger charge is 2.28. The third-order valence-corrected chi connectivity index (χ3v) is 4.94. The molecule has 0 radical (unpaired) electrons. The highest BCUT2D eigenvalue weighted by Crippen LogP contribution is 2.29. The molecule has 5 heteroatoms. The van der Waals surface area contributed by atoms with Crippen LogP contribution in [0.5, 0.6) is 0 Å². The second kappa shape index (κ2) is 7.25. The molecule has 0 saturated carbocycles. The lowest BCUT2D eigenvalue weighted by atomic mass is 10.0. The summed E-state index contributed by atoms with van der Waals surface area (Å²) >= 11 is 0. The van der Waals surface area contributed by atoms with Crippen LogP contribution in [0, 0.1) is 0 Å². The summed E-state index contributed by atoms with van der Waals surface area (Å²) in [7, 11) is 0. The molecule has 1 aliphatic heterocycles. The molecule has 4 rings (SSSR count). The molecule has 2 unspecified atom stereocenters. The Bertz CT molecular complexity index is 782. The van der Waals surface area contributed by atoms with Gasteiger partial charge in [-0.25, -0.2) is 0 Å². The highest BCUT2D eigenvalue weighted by molar-refractivity contribution is 5.58. The number of aliphatic hydroxyl groups is 1. The number of hydrogen-bond donors (Lipinski definition) is 2. The fourth-order valence-corrected chi connectivity index (χ4v) is 3.64. The van der Waals surface area contributed by atoms with Crippen LogP contribution < -0.4 is 0 Å². The summed E-state index contributed by atoms with van der Waals surface area (Å²) in [5.74, 6) is 0.653. The van der Waals surface area contributed by atoms with E-state index in [0.29, 0.717) is 18.2 Å². The van der Waals surface area contributed by atoms with Gasteiger partial charge in [-0.1, -0.05) is 30.3 Å². The summed E-state index contributed by atoms with van der Waals surface area (Å²) < 4.78 is 5.33. The van der Waals surface area contributed by atoms with Crippen LogP contribution in [0.25, 0.3) is 11.3 Å². The molecule has 25 heavy (non-hydrogen) atoms. The molecule has 0 spiro atoms. The summed E-state index contributed by atoms with van der Waals surface area (Å²) in [5.41, 5.74) is 3.21. The number of nitrogens with zero attached hydrogens (tertiary/aromatic N) is 2. The van der Waals surface area contributed by atoms with E-state index >= 15 is 0 Å². The summed E-state index contributed by atoms with van der Waals surface area (Å²) in [5, 5.41) is 18.0. The molecule has 1 aliphatic rings. The van der Waals surface area contributed by atoms with E-state index in [2.05, 4.69) is 33.3 Å². The number of aliphatic hydroxyl groups excluding tert-OH is 1. The molecule has 2 aromatic heterocycles. The SMILES string of the molecule is OC(CC1CCCN1Cc1cc(-c2ccccc2)n[nH]1)c1ccco1. The van der Waals surface area contributed by atoms with Gasteiger partial charge in [0.15, 0.2) is 0 Å². The highest BCUT2D eigenvalue weighted by atomic mass is 16.4. The molecule has 1 aromatic carbocycles. The molecule has 0 aliphatic carbocycles. The Morgan fingerprint density at radius 2 is 2.12 bits per heavy atom. The molecule has 1 fully saturated rings. The quantitative estimate of drug-likeness (QED) is 0.719. The fraction of sp³-hybridized carbons (Fsp3) is 0.350. The Kier molecular flexibility index (Phi) is 4.68. The van der Waals surface area contributed by atoms with Crippen LogP contribution in [0.3, 0.4) is 0 Å². The van der Waals surface area contributed by atoms with Crippen molar-refractivity contribution in [1.82, 2.24) is 15.1 Å². The number of H-pyrrole nitrogens is 1. The number of hydrogen-bond acceptors (Lipinski definition) is 4. The summed E-state index contributed by atoms with van der Waals surface area (Å²) in [6, 6.07) is 16.3. The first kappa shape index (κ1) is 16.1. The first-order valence-corrected chi connectivity index (χ1v) is 8.85. The van der Waals surface area contributed by atoms with Crippen molar-refractivity contribution in [2.75, 3.05) is 6.54 Å². The topological polar surface area (TPSA) is 65.3 Å². The van der Waals surface area contributed by atoms with Gasteiger partial charge in [-0.3, -0.25) is 10.00 Å². The molecule has 3 heterocycles. The van der Waals surface area contributed by atoms with Crippen LogP contribution in [0.1, 0.15) is 36.8 Å². The zero-order valence-corrected chi connectivity index (χ0v) is 14.1. The molecule has 3 aromatic rings. The lowest BCUT2D eigenvalue weighted by molar-refractivity contribution is 0.0991. The number of aromatic nitrogens is 2. The maximum Gasteiger partial charge on any atom is 0.132 e. The van der Waals surface area contributed by atoms with E-state index < -0.39 is 6.10 Å². The van der Waals surface area contributed by atoms with Crippen molar-refractivity contribution in [2.45, 2.75) is 38.0 Å².